The fraction of sp³-hybridized carbons (Fsp3) is 0.500. The summed E-state index contributed by atoms with van der Waals surface area (Å²) in [5.41, 5.74) is 0.701. The lowest BCUT2D eigenvalue weighted by Gasteiger charge is -2.07. The van der Waals surface area contributed by atoms with Crippen LogP contribution in [0.2, 0.25) is 0 Å². The highest BCUT2D eigenvalue weighted by molar-refractivity contribution is 7.91. The predicted octanol–water partition coefficient (Wildman–Crippen LogP) is 1.32. The number of rotatable bonds is 6. The third kappa shape index (κ3) is 3.23. The van der Waals surface area contributed by atoms with Crippen molar-refractivity contribution in [1.82, 2.24) is 14.6 Å². The van der Waals surface area contributed by atoms with Crippen molar-refractivity contribution >= 4 is 15.5 Å². The van der Waals surface area contributed by atoms with Crippen molar-refractivity contribution in [2.24, 2.45) is 0 Å². The Balaban J connectivity index is 1.90. The summed E-state index contributed by atoms with van der Waals surface area (Å²) in [6.45, 7) is 3.67. The molecule has 0 atom stereocenters. The van der Waals surface area contributed by atoms with E-state index in [0.29, 0.717) is 24.7 Å². The molecule has 0 aliphatic rings. The molecule has 0 aliphatic carbocycles. The summed E-state index contributed by atoms with van der Waals surface area (Å²) in [4.78, 5) is 0. The number of ether oxygens (including phenoxy) is 1. The van der Waals surface area contributed by atoms with Crippen molar-refractivity contribution in [2.75, 3.05) is 12.4 Å². The van der Waals surface area contributed by atoms with E-state index in [2.05, 4.69) is 10.2 Å². The topological polar surface area (TPSA) is 73.6 Å². The molecule has 0 bridgehead atoms. The van der Waals surface area contributed by atoms with Gasteiger partial charge >= 0.3 is 6.01 Å². The first-order valence-electron chi connectivity index (χ1n) is 6.15. The van der Waals surface area contributed by atoms with Gasteiger partial charge in [0.1, 0.15) is 0 Å². The van der Waals surface area contributed by atoms with Crippen LogP contribution in [-0.2, 0) is 9.84 Å². The molecule has 0 fully saturated rings. The molecule has 7 heteroatoms. The smallest absolute Gasteiger partial charge is 0.321 e. The summed E-state index contributed by atoms with van der Waals surface area (Å²) >= 11 is 0. The standard InChI is InChI=1S/C12H17N3O3S/c1-10(2)19(16,17)9-5-8-18-12-14-13-11-6-3-4-7-15(11)12/h3-4,6-7,10H,5,8-9H2,1-2H3. The molecular formula is C12H17N3O3S. The Hall–Kier alpha value is -1.63. The molecule has 0 radical (unpaired) electrons. The van der Waals surface area contributed by atoms with Gasteiger partial charge in [0, 0.05) is 6.20 Å². The van der Waals surface area contributed by atoms with Crippen LogP contribution in [0.25, 0.3) is 5.65 Å². The Morgan fingerprint density at radius 2 is 2.11 bits per heavy atom. The Labute approximate surface area is 112 Å². The highest BCUT2D eigenvalue weighted by Crippen LogP contribution is 2.10. The molecule has 104 valence electrons. The second kappa shape index (κ2) is 5.56. The number of sulfone groups is 1. The van der Waals surface area contributed by atoms with Crippen LogP contribution in [0.3, 0.4) is 0 Å². The number of aromatic nitrogens is 3. The third-order valence-corrected chi connectivity index (χ3v) is 5.10. The number of pyridine rings is 1. The van der Waals surface area contributed by atoms with Crippen LogP contribution in [-0.4, -0.2) is 40.6 Å². The summed E-state index contributed by atoms with van der Waals surface area (Å²) in [7, 11) is -3.00. The van der Waals surface area contributed by atoms with E-state index in [0.717, 1.165) is 0 Å². The van der Waals surface area contributed by atoms with Crippen LogP contribution >= 0.6 is 0 Å². The quantitative estimate of drug-likeness (QED) is 0.748. The van der Waals surface area contributed by atoms with Crippen molar-refractivity contribution in [2.45, 2.75) is 25.5 Å². The minimum Gasteiger partial charge on any atom is -0.463 e. The number of fused-ring (bicyclic) bond motifs is 1. The van der Waals surface area contributed by atoms with Gasteiger partial charge in [-0.05, 0) is 32.4 Å². The zero-order chi connectivity index (χ0) is 13.9. The zero-order valence-electron chi connectivity index (χ0n) is 11.0. The summed E-state index contributed by atoms with van der Waals surface area (Å²) in [5, 5.41) is 7.50. The van der Waals surface area contributed by atoms with Crippen molar-refractivity contribution in [1.29, 1.82) is 0 Å². The van der Waals surface area contributed by atoms with E-state index in [1.54, 1.807) is 24.4 Å². The second-order valence-electron chi connectivity index (χ2n) is 4.53. The first-order valence-corrected chi connectivity index (χ1v) is 7.86. The van der Waals surface area contributed by atoms with Crippen LogP contribution in [0, 0.1) is 0 Å². The third-order valence-electron chi connectivity index (χ3n) is 2.81. The van der Waals surface area contributed by atoms with E-state index in [1.807, 2.05) is 18.2 Å². The summed E-state index contributed by atoms with van der Waals surface area (Å²) in [6, 6.07) is 5.93. The molecule has 2 aromatic rings. The van der Waals surface area contributed by atoms with E-state index in [9.17, 15) is 8.42 Å². The SMILES string of the molecule is CC(C)S(=O)(=O)CCCOc1nnc2ccccn12. The van der Waals surface area contributed by atoms with Gasteiger partial charge in [-0.3, -0.25) is 4.40 Å². The van der Waals surface area contributed by atoms with E-state index in [4.69, 9.17) is 4.74 Å². The summed E-state index contributed by atoms with van der Waals surface area (Å²) < 4.78 is 30.4. The monoisotopic (exact) mass is 283 g/mol. The Kier molecular flexibility index (Phi) is 4.04. The first kappa shape index (κ1) is 13.8. The van der Waals surface area contributed by atoms with Gasteiger partial charge in [0.2, 0.25) is 0 Å². The molecule has 0 unspecified atom stereocenters. The molecule has 2 aromatic heterocycles. The molecule has 6 nitrogen and oxygen atoms in total. The fourth-order valence-corrected chi connectivity index (χ4v) is 2.57. The average molecular weight is 283 g/mol. The van der Waals surface area contributed by atoms with E-state index < -0.39 is 9.84 Å². The van der Waals surface area contributed by atoms with Gasteiger partial charge in [0.05, 0.1) is 17.6 Å². The minimum atomic E-state index is -3.00. The molecule has 0 aliphatic heterocycles. The lowest BCUT2D eigenvalue weighted by atomic mass is 10.5. The molecule has 0 amide bonds. The largest absolute Gasteiger partial charge is 0.463 e. The average Bonchev–Trinajstić information content (AvgIpc) is 2.78. The van der Waals surface area contributed by atoms with E-state index in [-0.39, 0.29) is 11.0 Å². The zero-order valence-corrected chi connectivity index (χ0v) is 11.8. The maximum absolute atomic E-state index is 11.6. The predicted molar refractivity (Wildman–Crippen MR) is 72.0 cm³/mol. The Morgan fingerprint density at radius 1 is 1.32 bits per heavy atom. The van der Waals surface area contributed by atoms with Gasteiger partial charge < -0.3 is 4.74 Å². The van der Waals surface area contributed by atoms with E-state index >= 15 is 0 Å². The fourth-order valence-electron chi connectivity index (χ4n) is 1.58. The summed E-state index contributed by atoms with van der Waals surface area (Å²) in [5.74, 6) is 0.126. The first-order chi connectivity index (χ1) is 9.00. The van der Waals surface area contributed by atoms with Gasteiger partial charge in [-0.1, -0.05) is 11.2 Å². The number of hydrogen-bond donors (Lipinski definition) is 0. The number of hydrogen-bond acceptors (Lipinski definition) is 5. The maximum atomic E-state index is 11.6. The summed E-state index contributed by atoms with van der Waals surface area (Å²) in [6.07, 6.45) is 2.25. The highest BCUT2D eigenvalue weighted by atomic mass is 32.2. The van der Waals surface area contributed by atoms with Crippen LogP contribution in [0.5, 0.6) is 6.01 Å². The van der Waals surface area contributed by atoms with Crippen LogP contribution in [0.1, 0.15) is 20.3 Å². The lowest BCUT2D eigenvalue weighted by molar-refractivity contribution is 0.289. The highest BCUT2D eigenvalue weighted by Gasteiger charge is 2.15. The molecule has 0 N–H and O–H groups in total. The van der Waals surface area contributed by atoms with Gasteiger partial charge in [0.25, 0.3) is 0 Å². The van der Waals surface area contributed by atoms with Crippen molar-refractivity contribution in [3.05, 3.63) is 24.4 Å². The maximum Gasteiger partial charge on any atom is 0.321 e. The lowest BCUT2D eigenvalue weighted by Crippen LogP contribution is -2.19. The van der Waals surface area contributed by atoms with Crippen LogP contribution in [0.4, 0.5) is 0 Å². The Morgan fingerprint density at radius 3 is 2.84 bits per heavy atom. The van der Waals surface area contributed by atoms with Crippen molar-refractivity contribution < 1.29 is 13.2 Å². The van der Waals surface area contributed by atoms with Crippen molar-refractivity contribution in [3.8, 4) is 6.01 Å². The van der Waals surface area contributed by atoms with Crippen LogP contribution in [0.15, 0.2) is 24.4 Å². The molecule has 0 saturated heterocycles. The molecule has 0 saturated carbocycles. The number of nitrogens with zero attached hydrogens (tertiary/aromatic N) is 3. The molecule has 2 rings (SSSR count). The minimum absolute atomic E-state index is 0.126. The molecule has 2 heterocycles. The molecule has 19 heavy (non-hydrogen) atoms. The molecular weight excluding hydrogens is 266 g/mol. The molecule has 0 aromatic carbocycles. The van der Waals surface area contributed by atoms with Crippen LogP contribution < -0.4 is 4.74 Å². The second-order valence-corrected chi connectivity index (χ2v) is 7.21. The van der Waals surface area contributed by atoms with E-state index in [1.165, 1.54) is 0 Å². The van der Waals surface area contributed by atoms with Gasteiger partial charge in [-0.15, -0.1) is 5.10 Å². The van der Waals surface area contributed by atoms with Gasteiger partial charge in [-0.2, -0.15) is 0 Å². The molecule has 0 spiro atoms. The normalized spacial score (nSPS) is 12.2. The van der Waals surface area contributed by atoms with Gasteiger partial charge in [0.15, 0.2) is 15.5 Å². The Bertz CT molecular complexity index is 649. The van der Waals surface area contributed by atoms with Gasteiger partial charge in [-0.25, -0.2) is 8.42 Å². The van der Waals surface area contributed by atoms with Crippen molar-refractivity contribution in [3.63, 3.8) is 0 Å².